The van der Waals surface area contributed by atoms with Gasteiger partial charge in [-0.1, -0.05) is 36.4 Å². The van der Waals surface area contributed by atoms with Gasteiger partial charge in [-0.3, -0.25) is 4.79 Å². The molecule has 1 heterocycles. The molecule has 3 aromatic rings. The third kappa shape index (κ3) is 3.80. The second kappa shape index (κ2) is 7.53. The van der Waals surface area contributed by atoms with E-state index in [-0.39, 0.29) is 24.8 Å². The van der Waals surface area contributed by atoms with Crippen LogP contribution in [-0.2, 0) is 9.53 Å². The summed E-state index contributed by atoms with van der Waals surface area (Å²) in [6, 6.07) is 16.4. The van der Waals surface area contributed by atoms with Gasteiger partial charge in [-0.25, -0.2) is 4.79 Å². The topological polar surface area (TPSA) is 80.4 Å². The van der Waals surface area contributed by atoms with Crippen LogP contribution in [-0.4, -0.2) is 30.1 Å². The number of carbonyl (C=O) groups is 2. The van der Waals surface area contributed by atoms with Crippen molar-refractivity contribution in [1.82, 2.24) is 4.98 Å². The number of ether oxygens (including phenoxy) is 2. The average molecular weight is 338 g/mol. The van der Waals surface area contributed by atoms with E-state index >= 15 is 0 Å². The Balaban J connectivity index is 1.80. The summed E-state index contributed by atoms with van der Waals surface area (Å²) in [7, 11) is 0. The summed E-state index contributed by atoms with van der Waals surface area (Å²) in [6.45, 7) is 1.82. The highest BCUT2D eigenvalue weighted by atomic mass is 16.5. The largest absolute Gasteiger partial charge is 0.484 e. The summed E-state index contributed by atoms with van der Waals surface area (Å²) in [5, 5.41) is 3.48. The molecule has 25 heavy (non-hydrogen) atoms. The first-order valence-electron chi connectivity index (χ1n) is 7.94. The molecular formula is C19H18N2O4. The van der Waals surface area contributed by atoms with Crippen LogP contribution in [0, 0.1) is 0 Å². The Bertz CT molecular complexity index is 887. The number of aromatic amines is 1. The van der Waals surface area contributed by atoms with Gasteiger partial charge in [0.15, 0.2) is 6.61 Å². The Morgan fingerprint density at radius 2 is 1.76 bits per heavy atom. The monoisotopic (exact) mass is 338 g/mol. The molecule has 0 spiro atoms. The van der Waals surface area contributed by atoms with Crippen LogP contribution in [0.3, 0.4) is 0 Å². The molecule has 1 aromatic heterocycles. The van der Waals surface area contributed by atoms with Crippen molar-refractivity contribution in [2.24, 2.45) is 0 Å². The van der Waals surface area contributed by atoms with E-state index in [2.05, 4.69) is 10.3 Å². The number of hydrogen-bond acceptors (Lipinski definition) is 4. The summed E-state index contributed by atoms with van der Waals surface area (Å²) in [4.78, 5) is 27.4. The Hall–Kier alpha value is -3.28. The summed E-state index contributed by atoms with van der Waals surface area (Å²) in [6.07, 6.45) is 0. The number of rotatable bonds is 6. The molecule has 3 rings (SSSR count). The van der Waals surface area contributed by atoms with Crippen molar-refractivity contribution in [3.05, 3.63) is 60.3 Å². The molecular weight excluding hydrogens is 320 g/mol. The molecule has 2 aromatic carbocycles. The second-order valence-electron chi connectivity index (χ2n) is 5.29. The lowest BCUT2D eigenvalue weighted by Gasteiger charge is -2.08. The highest BCUT2D eigenvalue weighted by molar-refractivity contribution is 6.11. The second-order valence-corrected chi connectivity index (χ2v) is 5.29. The number of hydrogen-bond donors (Lipinski definition) is 2. The average Bonchev–Trinajstić information content (AvgIpc) is 3.00. The fourth-order valence-electron chi connectivity index (χ4n) is 2.47. The minimum atomic E-state index is -0.516. The first-order valence-corrected chi connectivity index (χ1v) is 7.94. The van der Waals surface area contributed by atoms with Gasteiger partial charge in [0.1, 0.15) is 11.4 Å². The van der Waals surface area contributed by atoms with Crippen LogP contribution in [0.25, 0.3) is 10.9 Å². The number of anilines is 1. The minimum absolute atomic E-state index is 0.161. The van der Waals surface area contributed by atoms with Crippen LogP contribution >= 0.6 is 0 Å². The molecule has 2 N–H and O–H groups in total. The van der Waals surface area contributed by atoms with Crippen molar-refractivity contribution >= 4 is 28.5 Å². The third-order valence-electron chi connectivity index (χ3n) is 3.56. The molecule has 0 saturated carbocycles. The minimum Gasteiger partial charge on any atom is -0.484 e. The van der Waals surface area contributed by atoms with Gasteiger partial charge in [0.25, 0.3) is 5.91 Å². The van der Waals surface area contributed by atoms with Gasteiger partial charge in [-0.15, -0.1) is 0 Å². The van der Waals surface area contributed by atoms with Crippen molar-refractivity contribution in [2.75, 3.05) is 18.5 Å². The molecule has 128 valence electrons. The Morgan fingerprint density at radius 1 is 1.04 bits per heavy atom. The van der Waals surface area contributed by atoms with Crippen LogP contribution in [0.15, 0.2) is 54.6 Å². The molecule has 0 radical (unpaired) electrons. The number of esters is 1. The van der Waals surface area contributed by atoms with Gasteiger partial charge in [0, 0.05) is 10.9 Å². The zero-order valence-corrected chi connectivity index (χ0v) is 13.7. The van der Waals surface area contributed by atoms with E-state index in [0.29, 0.717) is 11.4 Å². The van der Waals surface area contributed by atoms with Gasteiger partial charge in [-0.2, -0.15) is 0 Å². The Kier molecular flexibility index (Phi) is 4.99. The smallest absolute Gasteiger partial charge is 0.356 e. The maximum absolute atomic E-state index is 12.3. The summed E-state index contributed by atoms with van der Waals surface area (Å²) < 4.78 is 10.5. The van der Waals surface area contributed by atoms with E-state index in [1.54, 1.807) is 19.1 Å². The van der Waals surface area contributed by atoms with Gasteiger partial charge in [-0.05, 0) is 25.1 Å². The van der Waals surface area contributed by atoms with Crippen molar-refractivity contribution in [3.8, 4) is 5.75 Å². The van der Waals surface area contributed by atoms with Crippen LogP contribution in [0.1, 0.15) is 17.4 Å². The van der Waals surface area contributed by atoms with Crippen LogP contribution in [0.4, 0.5) is 5.69 Å². The van der Waals surface area contributed by atoms with E-state index in [0.717, 1.165) is 10.9 Å². The molecule has 1 amide bonds. The highest BCUT2D eigenvalue weighted by Gasteiger charge is 2.20. The fraction of sp³-hybridized carbons (Fsp3) is 0.158. The summed E-state index contributed by atoms with van der Waals surface area (Å²) >= 11 is 0. The maximum atomic E-state index is 12.3. The number of aromatic nitrogens is 1. The quantitative estimate of drug-likeness (QED) is 0.675. The number of benzene rings is 2. The third-order valence-corrected chi connectivity index (χ3v) is 3.56. The van der Waals surface area contributed by atoms with Crippen LogP contribution in [0.2, 0.25) is 0 Å². The van der Waals surface area contributed by atoms with Crippen molar-refractivity contribution in [1.29, 1.82) is 0 Å². The fourth-order valence-corrected chi connectivity index (χ4v) is 2.47. The predicted octanol–water partition coefficient (Wildman–Crippen LogP) is 3.36. The van der Waals surface area contributed by atoms with Gasteiger partial charge in [0.2, 0.25) is 0 Å². The molecule has 6 heteroatoms. The van der Waals surface area contributed by atoms with Crippen LogP contribution < -0.4 is 10.1 Å². The number of carbonyl (C=O) groups excluding carboxylic acids is 2. The van der Waals surface area contributed by atoms with Gasteiger partial charge >= 0.3 is 5.97 Å². The molecule has 0 atom stereocenters. The first-order chi connectivity index (χ1) is 12.2. The summed E-state index contributed by atoms with van der Waals surface area (Å²) in [5.74, 6) is -0.278. The normalized spacial score (nSPS) is 10.4. The SMILES string of the molecule is CCOC(=O)c1[nH]c2ccccc2c1NC(=O)COc1ccccc1. The lowest BCUT2D eigenvalue weighted by atomic mass is 10.2. The van der Waals surface area contributed by atoms with Gasteiger partial charge < -0.3 is 19.8 Å². The zero-order valence-electron chi connectivity index (χ0n) is 13.7. The molecule has 0 saturated heterocycles. The zero-order chi connectivity index (χ0) is 17.6. The van der Waals surface area contributed by atoms with E-state index in [9.17, 15) is 9.59 Å². The molecule has 0 aliphatic heterocycles. The summed E-state index contributed by atoms with van der Waals surface area (Å²) in [5.41, 5.74) is 1.36. The molecule has 0 bridgehead atoms. The lowest BCUT2D eigenvalue weighted by Crippen LogP contribution is -2.21. The van der Waals surface area contributed by atoms with E-state index < -0.39 is 5.97 Å². The van der Waals surface area contributed by atoms with Crippen LogP contribution in [0.5, 0.6) is 5.75 Å². The standard InChI is InChI=1S/C19H18N2O4/c1-2-24-19(23)18-17(14-10-6-7-11-15(14)20-18)21-16(22)12-25-13-8-4-3-5-9-13/h3-11,20H,2,12H2,1H3,(H,21,22). The van der Waals surface area contributed by atoms with Crippen molar-refractivity contribution in [2.45, 2.75) is 6.92 Å². The van der Waals surface area contributed by atoms with Crippen molar-refractivity contribution in [3.63, 3.8) is 0 Å². The maximum Gasteiger partial charge on any atom is 0.356 e. The number of para-hydroxylation sites is 2. The van der Waals surface area contributed by atoms with E-state index in [1.807, 2.05) is 42.5 Å². The molecule has 6 nitrogen and oxygen atoms in total. The highest BCUT2D eigenvalue weighted by Crippen LogP contribution is 2.28. The molecule has 0 aliphatic carbocycles. The molecule has 0 fully saturated rings. The van der Waals surface area contributed by atoms with Gasteiger partial charge in [0.05, 0.1) is 12.3 Å². The number of fused-ring (bicyclic) bond motifs is 1. The Labute approximate surface area is 144 Å². The number of nitrogens with one attached hydrogen (secondary N) is 2. The van der Waals surface area contributed by atoms with E-state index in [1.165, 1.54) is 0 Å². The lowest BCUT2D eigenvalue weighted by molar-refractivity contribution is -0.118. The molecule has 0 aliphatic rings. The number of H-pyrrole nitrogens is 1. The number of amides is 1. The predicted molar refractivity (Wildman–Crippen MR) is 94.8 cm³/mol. The van der Waals surface area contributed by atoms with Crippen molar-refractivity contribution < 1.29 is 19.1 Å². The molecule has 0 unspecified atom stereocenters. The Morgan fingerprint density at radius 3 is 2.52 bits per heavy atom. The van der Waals surface area contributed by atoms with E-state index in [4.69, 9.17) is 9.47 Å². The first kappa shape index (κ1) is 16.6.